The van der Waals surface area contributed by atoms with Crippen molar-refractivity contribution in [1.82, 2.24) is 10.2 Å². The maximum Gasteiger partial charge on any atom is 0.401 e. The molecule has 0 aromatic carbocycles. The molecule has 3 N–H and O–H groups in total. The molecule has 21 heavy (non-hydrogen) atoms. The monoisotopic (exact) mass is 422 g/mol. The number of rotatable bonds is 6. The molecule has 1 aliphatic rings. The van der Waals surface area contributed by atoms with Crippen LogP contribution >= 0.6 is 24.0 Å². The first-order valence-corrected chi connectivity index (χ1v) is 7.09. The number of nitrogens with one attached hydrogen (secondary N) is 1. The molecule has 0 bridgehead atoms. The first kappa shape index (κ1) is 20.8. The number of nitrogens with two attached hydrogens (primary N) is 1. The lowest BCUT2D eigenvalue weighted by molar-refractivity contribution is -0.143. The Kier molecular flexibility index (Phi) is 9.59. The molecule has 1 aliphatic heterocycles. The highest BCUT2D eigenvalue weighted by molar-refractivity contribution is 14.0. The Balaban J connectivity index is 0.00000400. The Labute approximate surface area is 141 Å². The van der Waals surface area contributed by atoms with Crippen molar-refractivity contribution in [2.45, 2.75) is 32.9 Å². The predicted molar refractivity (Wildman–Crippen MR) is 90.0 cm³/mol. The summed E-state index contributed by atoms with van der Waals surface area (Å²) in [5.74, 6) is 1.16. The van der Waals surface area contributed by atoms with Gasteiger partial charge in [-0.15, -0.1) is 24.0 Å². The summed E-state index contributed by atoms with van der Waals surface area (Å²) in [5.41, 5.74) is 5.72. The minimum atomic E-state index is -4.12. The summed E-state index contributed by atoms with van der Waals surface area (Å²) in [6, 6.07) is 0. The van der Waals surface area contributed by atoms with Gasteiger partial charge < -0.3 is 11.1 Å². The van der Waals surface area contributed by atoms with Crippen LogP contribution in [0, 0.1) is 11.8 Å². The molecule has 0 aliphatic carbocycles. The van der Waals surface area contributed by atoms with E-state index in [1.54, 1.807) is 0 Å². The van der Waals surface area contributed by atoms with Gasteiger partial charge in [-0.25, -0.2) is 0 Å². The molecule has 1 saturated heterocycles. The van der Waals surface area contributed by atoms with Crippen LogP contribution in [0.15, 0.2) is 4.99 Å². The molecule has 8 heteroatoms. The molecule has 0 aromatic rings. The largest absolute Gasteiger partial charge is 0.401 e. The molecule has 0 spiro atoms. The van der Waals surface area contributed by atoms with Crippen molar-refractivity contribution >= 4 is 29.9 Å². The Hall–Kier alpha value is -0.250. The molecular formula is C13H26F3IN4. The zero-order chi connectivity index (χ0) is 15.2. The van der Waals surface area contributed by atoms with Crippen molar-refractivity contribution < 1.29 is 13.2 Å². The Morgan fingerprint density at radius 1 is 1.43 bits per heavy atom. The van der Waals surface area contributed by atoms with E-state index in [1.807, 2.05) is 0 Å². The molecule has 126 valence electrons. The standard InChI is InChI=1S/C13H25F3N4.HI/c1-10(2)3-5-18-12(17)19-7-11-4-6-20(8-11)9-13(14,15)16;/h10-11H,3-9H2,1-2H3,(H3,17,18,19);1H. The summed E-state index contributed by atoms with van der Waals surface area (Å²) in [7, 11) is 0. The van der Waals surface area contributed by atoms with Gasteiger partial charge in [0.15, 0.2) is 5.96 Å². The number of aliphatic imine (C=N–C) groups is 1. The number of alkyl halides is 3. The van der Waals surface area contributed by atoms with E-state index in [9.17, 15) is 13.2 Å². The first-order chi connectivity index (χ1) is 9.26. The second kappa shape index (κ2) is 9.70. The van der Waals surface area contributed by atoms with Crippen molar-refractivity contribution in [2.24, 2.45) is 22.6 Å². The fourth-order valence-corrected chi connectivity index (χ4v) is 2.23. The fourth-order valence-electron chi connectivity index (χ4n) is 2.23. The summed E-state index contributed by atoms with van der Waals surface area (Å²) in [4.78, 5) is 5.64. The predicted octanol–water partition coefficient (Wildman–Crippen LogP) is 2.44. The van der Waals surface area contributed by atoms with E-state index < -0.39 is 12.7 Å². The van der Waals surface area contributed by atoms with Gasteiger partial charge in [0.2, 0.25) is 0 Å². The van der Waals surface area contributed by atoms with Crippen LogP contribution in [0.4, 0.5) is 13.2 Å². The summed E-state index contributed by atoms with van der Waals surface area (Å²) < 4.78 is 36.8. The van der Waals surface area contributed by atoms with E-state index in [0.717, 1.165) is 19.4 Å². The molecule has 0 radical (unpaired) electrons. The van der Waals surface area contributed by atoms with Crippen LogP contribution in [-0.4, -0.2) is 49.8 Å². The van der Waals surface area contributed by atoms with Crippen molar-refractivity contribution in [3.8, 4) is 0 Å². The highest BCUT2D eigenvalue weighted by atomic mass is 127. The fraction of sp³-hybridized carbons (Fsp3) is 0.923. The van der Waals surface area contributed by atoms with Gasteiger partial charge in [0, 0.05) is 19.6 Å². The molecule has 1 atom stereocenters. The zero-order valence-corrected chi connectivity index (χ0v) is 14.9. The first-order valence-electron chi connectivity index (χ1n) is 7.09. The van der Waals surface area contributed by atoms with E-state index in [0.29, 0.717) is 31.5 Å². The van der Waals surface area contributed by atoms with E-state index in [4.69, 9.17) is 5.73 Å². The van der Waals surface area contributed by atoms with Gasteiger partial charge in [0.1, 0.15) is 0 Å². The van der Waals surface area contributed by atoms with Crippen molar-refractivity contribution in [2.75, 3.05) is 32.7 Å². The lowest BCUT2D eigenvalue weighted by Gasteiger charge is -2.17. The van der Waals surface area contributed by atoms with Gasteiger partial charge in [0.25, 0.3) is 0 Å². The highest BCUT2D eigenvalue weighted by Gasteiger charge is 2.34. The van der Waals surface area contributed by atoms with Gasteiger partial charge >= 0.3 is 6.18 Å². The molecule has 1 fully saturated rings. The lowest BCUT2D eigenvalue weighted by Crippen LogP contribution is -2.34. The third-order valence-electron chi connectivity index (χ3n) is 3.32. The molecule has 0 aromatic heterocycles. The van der Waals surface area contributed by atoms with Crippen molar-refractivity contribution in [3.05, 3.63) is 0 Å². The van der Waals surface area contributed by atoms with Crippen molar-refractivity contribution in [1.29, 1.82) is 0 Å². The summed E-state index contributed by atoms with van der Waals surface area (Å²) in [5, 5.41) is 3.02. The number of hydrogen-bond acceptors (Lipinski definition) is 2. The van der Waals surface area contributed by atoms with Gasteiger partial charge in [-0.3, -0.25) is 9.89 Å². The van der Waals surface area contributed by atoms with Gasteiger partial charge in [-0.05, 0) is 31.2 Å². The highest BCUT2D eigenvalue weighted by Crippen LogP contribution is 2.22. The minimum absolute atomic E-state index is 0. The number of likely N-dealkylation sites (tertiary alicyclic amines) is 1. The van der Waals surface area contributed by atoms with Crippen LogP contribution < -0.4 is 11.1 Å². The van der Waals surface area contributed by atoms with E-state index in [1.165, 1.54) is 4.90 Å². The van der Waals surface area contributed by atoms with E-state index in [-0.39, 0.29) is 29.9 Å². The van der Waals surface area contributed by atoms with Gasteiger partial charge in [-0.2, -0.15) is 13.2 Å². The van der Waals surface area contributed by atoms with Gasteiger partial charge in [-0.1, -0.05) is 13.8 Å². The Morgan fingerprint density at radius 2 is 2.10 bits per heavy atom. The molecule has 1 unspecified atom stereocenters. The van der Waals surface area contributed by atoms with Crippen LogP contribution in [-0.2, 0) is 0 Å². The van der Waals surface area contributed by atoms with Crippen LogP contribution in [0.25, 0.3) is 0 Å². The number of halogens is 4. The molecule has 1 heterocycles. The van der Waals surface area contributed by atoms with Gasteiger partial charge in [0.05, 0.1) is 6.54 Å². The smallest absolute Gasteiger partial charge is 0.370 e. The third-order valence-corrected chi connectivity index (χ3v) is 3.32. The SMILES string of the molecule is CC(C)CCNC(N)=NCC1CCN(CC(F)(F)F)C1.I. The number of hydrogen-bond donors (Lipinski definition) is 2. The summed E-state index contributed by atoms with van der Waals surface area (Å²) in [6.45, 7) is 5.64. The second-order valence-electron chi connectivity index (χ2n) is 5.84. The minimum Gasteiger partial charge on any atom is -0.370 e. The van der Waals surface area contributed by atoms with Crippen LogP contribution in [0.5, 0.6) is 0 Å². The van der Waals surface area contributed by atoms with Crippen molar-refractivity contribution in [3.63, 3.8) is 0 Å². The lowest BCUT2D eigenvalue weighted by atomic mass is 10.1. The number of nitrogens with zero attached hydrogens (tertiary/aromatic N) is 2. The topological polar surface area (TPSA) is 53.6 Å². The van der Waals surface area contributed by atoms with Crippen LogP contribution in [0.1, 0.15) is 26.7 Å². The molecule has 4 nitrogen and oxygen atoms in total. The average Bonchev–Trinajstić information content (AvgIpc) is 2.71. The molecule has 0 amide bonds. The van der Waals surface area contributed by atoms with Crippen LogP contribution in [0.3, 0.4) is 0 Å². The number of guanidine groups is 1. The van der Waals surface area contributed by atoms with E-state index >= 15 is 0 Å². The normalized spacial score (nSPS) is 20.7. The Bertz CT molecular complexity index is 321. The summed E-state index contributed by atoms with van der Waals surface area (Å²) >= 11 is 0. The second-order valence-corrected chi connectivity index (χ2v) is 5.84. The quantitative estimate of drug-likeness (QED) is 0.393. The maximum absolute atomic E-state index is 12.3. The molecule has 1 rings (SSSR count). The molecular weight excluding hydrogens is 396 g/mol. The zero-order valence-electron chi connectivity index (χ0n) is 12.6. The third kappa shape index (κ3) is 10.2. The summed E-state index contributed by atoms with van der Waals surface area (Å²) in [6.07, 6.45) is -2.35. The molecule has 0 saturated carbocycles. The van der Waals surface area contributed by atoms with E-state index in [2.05, 4.69) is 24.2 Å². The average molecular weight is 422 g/mol. The van der Waals surface area contributed by atoms with Crippen LogP contribution in [0.2, 0.25) is 0 Å². The Morgan fingerprint density at radius 3 is 2.67 bits per heavy atom. The maximum atomic E-state index is 12.3.